The van der Waals surface area contributed by atoms with Gasteiger partial charge in [-0.25, -0.2) is 0 Å². The Morgan fingerprint density at radius 3 is 2.40 bits per heavy atom. The van der Waals surface area contributed by atoms with E-state index in [1.54, 1.807) is 0 Å². The van der Waals surface area contributed by atoms with Gasteiger partial charge in [0.1, 0.15) is 0 Å². The summed E-state index contributed by atoms with van der Waals surface area (Å²) in [5.74, 6) is 0.808. The van der Waals surface area contributed by atoms with Gasteiger partial charge in [-0.1, -0.05) is 20.3 Å². The SMILES string of the molecule is CC(C)[C@@H]1CCC[C@@H](C)N1. The maximum atomic E-state index is 3.62. The highest BCUT2D eigenvalue weighted by molar-refractivity contribution is 4.79. The van der Waals surface area contributed by atoms with E-state index in [0.29, 0.717) is 0 Å². The van der Waals surface area contributed by atoms with E-state index >= 15 is 0 Å². The fraction of sp³-hybridized carbons (Fsp3) is 1.00. The molecule has 10 heavy (non-hydrogen) atoms. The third-order valence-electron chi connectivity index (χ3n) is 2.46. The molecule has 1 heteroatoms. The van der Waals surface area contributed by atoms with Crippen LogP contribution in [-0.2, 0) is 0 Å². The Balaban J connectivity index is 2.32. The minimum atomic E-state index is 0.751. The quantitative estimate of drug-likeness (QED) is 0.590. The van der Waals surface area contributed by atoms with Crippen molar-refractivity contribution in [3.8, 4) is 0 Å². The molecule has 0 aromatic carbocycles. The summed E-state index contributed by atoms with van der Waals surface area (Å²) in [5.41, 5.74) is 0. The molecule has 2 atom stereocenters. The van der Waals surface area contributed by atoms with E-state index in [0.717, 1.165) is 18.0 Å². The predicted octanol–water partition coefficient (Wildman–Crippen LogP) is 2.17. The molecule has 1 nitrogen and oxygen atoms in total. The van der Waals surface area contributed by atoms with Crippen molar-refractivity contribution in [2.75, 3.05) is 0 Å². The van der Waals surface area contributed by atoms with E-state index < -0.39 is 0 Å². The second-order valence-corrected chi connectivity index (χ2v) is 3.85. The third kappa shape index (κ3) is 1.98. The maximum absolute atomic E-state index is 3.62. The van der Waals surface area contributed by atoms with Crippen LogP contribution in [0.2, 0.25) is 0 Å². The molecule has 1 heterocycles. The summed E-state index contributed by atoms with van der Waals surface area (Å²) in [6.45, 7) is 6.89. The van der Waals surface area contributed by atoms with E-state index in [1.165, 1.54) is 19.3 Å². The number of hydrogen-bond acceptors (Lipinski definition) is 1. The molecule has 1 rings (SSSR count). The van der Waals surface area contributed by atoms with E-state index in [1.807, 2.05) is 0 Å². The number of rotatable bonds is 1. The van der Waals surface area contributed by atoms with Crippen molar-refractivity contribution in [3.63, 3.8) is 0 Å². The van der Waals surface area contributed by atoms with Crippen molar-refractivity contribution in [1.82, 2.24) is 5.32 Å². The Labute approximate surface area is 64.2 Å². The van der Waals surface area contributed by atoms with Crippen LogP contribution < -0.4 is 5.32 Å². The van der Waals surface area contributed by atoms with E-state index in [9.17, 15) is 0 Å². The number of nitrogens with one attached hydrogen (secondary N) is 1. The summed E-state index contributed by atoms with van der Waals surface area (Å²) in [4.78, 5) is 0. The van der Waals surface area contributed by atoms with Crippen LogP contribution >= 0.6 is 0 Å². The minimum Gasteiger partial charge on any atom is -0.311 e. The molecule has 1 N–H and O–H groups in total. The highest BCUT2D eigenvalue weighted by Crippen LogP contribution is 2.17. The smallest absolute Gasteiger partial charge is 0.00925 e. The topological polar surface area (TPSA) is 12.0 Å². The Hall–Kier alpha value is -0.0400. The summed E-state index contributed by atoms with van der Waals surface area (Å²) in [7, 11) is 0. The van der Waals surface area contributed by atoms with Gasteiger partial charge in [-0.15, -0.1) is 0 Å². The maximum Gasteiger partial charge on any atom is 0.00925 e. The van der Waals surface area contributed by atoms with Crippen LogP contribution in [0, 0.1) is 5.92 Å². The van der Waals surface area contributed by atoms with Gasteiger partial charge in [0, 0.05) is 12.1 Å². The van der Waals surface area contributed by atoms with Crippen LogP contribution in [0.4, 0.5) is 0 Å². The normalized spacial score (nSPS) is 34.8. The summed E-state index contributed by atoms with van der Waals surface area (Å²) in [5, 5.41) is 3.62. The molecule has 0 aliphatic carbocycles. The zero-order valence-corrected chi connectivity index (χ0v) is 7.35. The number of hydrogen-bond donors (Lipinski definition) is 1. The van der Waals surface area contributed by atoms with Crippen molar-refractivity contribution in [2.45, 2.75) is 52.1 Å². The molecule has 60 valence electrons. The molecule has 0 aromatic heterocycles. The lowest BCUT2D eigenvalue weighted by Crippen LogP contribution is -2.43. The zero-order valence-electron chi connectivity index (χ0n) is 7.35. The molecule has 0 aromatic rings. The van der Waals surface area contributed by atoms with Crippen LogP contribution in [0.1, 0.15) is 40.0 Å². The number of piperidine rings is 1. The van der Waals surface area contributed by atoms with Gasteiger partial charge in [-0.2, -0.15) is 0 Å². The van der Waals surface area contributed by atoms with Gasteiger partial charge < -0.3 is 5.32 Å². The fourth-order valence-electron chi connectivity index (χ4n) is 1.70. The Morgan fingerprint density at radius 2 is 2.00 bits per heavy atom. The van der Waals surface area contributed by atoms with Gasteiger partial charge in [-0.3, -0.25) is 0 Å². The molecule has 0 saturated carbocycles. The van der Waals surface area contributed by atoms with Crippen LogP contribution in [0.5, 0.6) is 0 Å². The van der Waals surface area contributed by atoms with Crippen molar-refractivity contribution in [2.24, 2.45) is 5.92 Å². The molecule has 1 fully saturated rings. The molecular formula is C9H19N. The summed E-state index contributed by atoms with van der Waals surface area (Å²) in [6, 6.07) is 1.53. The van der Waals surface area contributed by atoms with Gasteiger partial charge in [0.05, 0.1) is 0 Å². The summed E-state index contributed by atoms with van der Waals surface area (Å²) in [6.07, 6.45) is 4.15. The van der Waals surface area contributed by atoms with Gasteiger partial charge in [-0.05, 0) is 25.7 Å². The first-order valence-electron chi connectivity index (χ1n) is 4.46. The Bertz CT molecular complexity index is 98.9. The molecule has 0 bridgehead atoms. The molecule has 0 spiro atoms. The first-order valence-corrected chi connectivity index (χ1v) is 4.46. The zero-order chi connectivity index (χ0) is 7.56. The lowest BCUT2D eigenvalue weighted by Gasteiger charge is -2.31. The average molecular weight is 141 g/mol. The van der Waals surface area contributed by atoms with E-state index in [2.05, 4.69) is 26.1 Å². The molecule has 1 aliphatic rings. The van der Waals surface area contributed by atoms with E-state index in [4.69, 9.17) is 0 Å². The lowest BCUT2D eigenvalue weighted by molar-refractivity contribution is 0.279. The molecule has 1 aliphatic heterocycles. The van der Waals surface area contributed by atoms with Crippen LogP contribution in [-0.4, -0.2) is 12.1 Å². The van der Waals surface area contributed by atoms with Gasteiger partial charge in [0.15, 0.2) is 0 Å². The monoisotopic (exact) mass is 141 g/mol. The summed E-state index contributed by atoms with van der Waals surface area (Å²) < 4.78 is 0. The molecule has 0 radical (unpaired) electrons. The Kier molecular flexibility index (Phi) is 2.72. The van der Waals surface area contributed by atoms with Gasteiger partial charge >= 0.3 is 0 Å². The molecule has 0 amide bonds. The summed E-state index contributed by atoms with van der Waals surface area (Å²) >= 11 is 0. The lowest BCUT2D eigenvalue weighted by atomic mass is 9.92. The standard InChI is InChI=1S/C9H19N/c1-7(2)9-6-4-5-8(3)10-9/h7-10H,4-6H2,1-3H3/t8-,9+/m1/s1. The van der Waals surface area contributed by atoms with E-state index in [-0.39, 0.29) is 0 Å². The molecule has 1 saturated heterocycles. The second-order valence-electron chi connectivity index (χ2n) is 3.85. The predicted molar refractivity (Wildman–Crippen MR) is 45.1 cm³/mol. The largest absolute Gasteiger partial charge is 0.311 e. The average Bonchev–Trinajstić information content (AvgIpc) is 1.88. The van der Waals surface area contributed by atoms with Gasteiger partial charge in [0.2, 0.25) is 0 Å². The van der Waals surface area contributed by atoms with Crippen LogP contribution in [0.25, 0.3) is 0 Å². The van der Waals surface area contributed by atoms with Crippen molar-refractivity contribution in [3.05, 3.63) is 0 Å². The Morgan fingerprint density at radius 1 is 1.30 bits per heavy atom. The highest BCUT2D eigenvalue weighted by atomic mass is 15.0. The van der Waals surface area contributed by atoms with Crippen molar-refractivity contribution < 1.29 is 0 Å². The first kappa shape index (κ1) is 8.06. The highest BCUT2D eigenvalue weighted by Gasteiger charge is 2.19. The second kappa shape index (κ2) is 3.38. The van der Waals surface area contributed by atoms with Crippen LogP contribution in [0.15, 0.2) is 0 Å². The van der Waals surface area contributed by atoms with Crippen molar-refractivity contribution >= 4 is 0 Å². The van der Waals surface area contributed by atoms with Gasteiger partial charge in [0.25, 0.3) is 0 Å². The fourth-order valence-corrected chi connectivity index (χ4v) is 1.70. The molecule has 0 unspecified atom stereocenters. The molecular weight excluding hydrogens is 122 g/mol. The van der Waals surface area contributed by atoms with Crippen molar-refractivity contribution in [1.29, 1.82) is 0 Å². The first-order chi connectivity index (χ1) is 4.70. The third-order valence-corrected chi connectivity index (χ3v) is 2.46. The minimum absolute atomic E-state index is 0.751. The van der Waals surface area contributed by atoms with Crippen LogP contribution in [0.3, 0.4) is 0 Å².